The number of halogens is 4. The van der Waals surface area contributed by atoms with Crippen molar-refractivity contribution >= 4 is 76.3 Å². The lowest BCUT2D eigenvalue weighted by molar-refractivity contribution is 0.426. The average molecular weight is 988 g/mol. The lowest BCUT2D eigenvalue weighted by atomic mass is 9.81. The highest BCUT2D eigenvalue weighted by atomic mass is 79.9. The molecule has 8 aromatic rings. The fourth-order valence-corrected chi connectivity index (χ4v) is 5.48. The molecule has 2 nitrogen and oxygen atoms in total. The lowest BCUT2D eigenvalue weighted by Gasteiger charge is -2.05. The maximum atomic E-state index is 8.58. The summed E-state index contributed by atoms with van der Waals surface area (Å²) in [6.07, 6.45) is 0. The quantitative estimate of drug-likeness (QED) is 0.169. The summed E-state index contributed by atoms with van der Waals surface area (Å²) in [5.74, 6) is 0. The summed E-state index contributed by atoms with van der Waals surface area (Å²) in [5.41, 5.74) is 4.56. The molecular formula is C48H37BBr4O2. The van der Waals surface area contributed by atoms with E-state index in [1.165, 1.54) is 0 Å². The predicted octanol–water partition coefficient (Wildman–Crippen LogP) is 14.1. The second-order valence-corrected chi connectivity index (χ2v) is 14.6. The van der Waals surface area contributed by atoms with Crippen LogP contribution >= 0.6 is 63.7 Å². The molecule has 8 rings (SSSR count). The fourth-order valence-electron chi connectivity index (χ4n) is 4.55. The van der Waals surface area contributed by atoms with Crippen LogP contribution in [0.5, 0.6) is 0 Å². The smallest absolute Gasteiger partial charge is 0.423 e. The van der Waals surface area contributed by atoms with Crippen molar-refractivity contribution in [2.45, 2.75) is 0 Å². The van der Waals surface area contributed by atoms with Gasteiger partial charge in [0.05, 0.1) is 16.4 Å². The Hall–Kier alpha value is -4.34. The molecule has 55 heavy (non-hydrogen) atoms. The minimum absolute atomic E-state index is 0.00828. The molecule has 0 bridgehead atoms. The second-order valence-electron chi connectivity index (χ2n) is 11.2. The van der Waals surface area contributed by atoms with Crippen LogP contribution in [-0.2, 0) is 0 Å². The first-order chi connectivity index (χ1) is 31.8. The van der Waals surface area contributed by atoms with Crippen LogP contribution in [-0.4, -0.2) is 17.2 Å². The molecule has 0 aliphatic heterocycles. The summed E-state index contributed by atoms with van der Waals surface area (Å²) in [7, 11) is -1.34. The van der Waals surface area contributed by atoms with Crippen molar-refractivity contribution in [2.75, 3.05) is 0 Å². The highest BCUT2D eigenvalue weighted by molar-refractivity contribution is 9.11. The summed E-state index contributed by atoms with van der Waals surface area (Å²) in [6, 6.07) is 40.9. The Labute approximate surface area is 375 Å². The van der Waals surface area contributed by atoms with Gasteiger partial charge in [0.2, 0.25) is 0 Å². The Morgan fingerprint density at radius 3 is 0.800 bits per heavy atom. The minimum atomic E-state index is -1.34. The van der Waals surface area contributed by atoms with Crippen LogP contribution in [0.2, 0.25) is 0 Å². The second kappa shape index (κ2) is 22.3. The number of benzene rings is 8. The van der Waals surface area contributed by atoms with E-state index in [1.807, 2.05) is 66.7 Å². The van der Waals surface area contributed by atoms with E-state index in [9.17, 15) is 0 Å². The van der Waals surface area contributed by atoms with E-state index in [4.69, 9.17) is 26.5 Å². The first-order valence-corrected chi connectivity index (χ1v) is 19.6. The summed E-state index contributed by atoms with van der Waals surface area (Å²) in [6.45, 7) is 0. The van der Waals surface area contributed by atoms with E-state index >= 15 is 0 Å². The summed E-state index contributed by atoms with van der Waals surface area (Å²) >= 11 is 12.7. The molecule has 0 saturated carbocycles. The SMILES string of the molecule is OB(O)c1ccccc1.[2H]c1c([2H])c(-c2ccc(Br)cc2)c([2H])c([2H])c1-c1ccc(Br)cc1.[2H]c1c([2H])c(-c2ccccc2)c([2H])c([2H])c1-c1ccccc1.[2H]c1c([2H])c(Br)c([2H])c([2H])c1Br. The van der Waals surface area contributed by atoms with Crippen molar-refractivity contribution in [3.63, 3.8) is 0 Å². The fraction of sp³-hybridized carbons (Fsp3) is 0. The van der Waals surface area contributed by atoms with Gasteiger partial charge in [0.15, 0.2) is 0 Å². The molecule has 0 aliphatic rings. The van der Waals surface area contributed by atoms with Crippen molar-refractivity contribution < 1.29 is 26.5 Å². The van der Waals surface area contributed by atoms with Gasteiger partial charge < -0.3 is 10.0 Å². The van der Waals surface area contributed by atoms with Gasteiger partial charge in [0.1, 0.15) is 0 Å². The van der Waals surface area contributed by atoms with Gasteiger partial charge in [-0.15, -0.1) is 0 Å². The standard InChI is InChI=1S/C18H12Br2.C18H14.C6H7BO2.C6H4Br2/c19-17-9-5-15(6-10-17)13-1-2-14(4-3-13)16-7-11-18(20)12-8-16;1-3-7-15(8-4-1)17-11-13-18(14-12-17)16-9-5-2-6-10-16;8-7(9)6-4-2-1-3-5-6;7-5-1-2-6(8)4-3-5/h1-12H;1-14H;1-5,8-9H;1-4H/i1D,2D,3D,4D;11D,12D,13D,14D;;1D,2D,3D,4D. The Morgan fingerprint density at radius 1 is 0.291 bits per heavy atom. The number of rotatable bonds is 5. The van der Waals surface area contributed by atoms with Gasteiger partial charge in [-0.25, -0.2) is 0 Å². The van der Waals surface area contributed by atoms with Crippen LogP contribution in [0, 0.1) is 0 Å². The van der Waals surface area contributed by atoms with Crippen molar-refractivity contribution in [1.29, 1.82) is 0 Å². The lowest BCUT2D eigenvalue weighted by Crippen LogP contribution is -2.29. The maximum Gasteiger partial charge on any atom is 0.488 e. The molecule has 0 heterocycles. The zero-order chi connectivity index (χ0) is 49.3. The monoisotopic (exact) mass is 984 g/mol. The van der Waals surface area contributed by atoms with Gasteiger partial charge in [-0.05, 0) is 98.4 Å². The third-order valence-electron chi connectivity index (χ3n) is 7.30. The number of hydrogen-bond acceptors (Lipinski definition) is 2. The van der Waals surface area contributed by atoms with Crippen molar-refractivity contribution in [3.8, 4) is 44.5 Å². The van der Waals surface area contributed by atoms with Crippen molar-refractivity contribution in [2.24, 2.45) is 0 Å². The molecule has 0 aromatic heterocycles. The first kappa shape index (κ1) is 28.1. The third kappa shape index (κ3) is 14.0. The number of hydrogen-bond donors (Lipinski definition) is 2. The summed E-state index contributed by atoms with van der Waals surface area (Å²) in [5, 5.41) is 17.2. The third-order valence-corrected chi connectivity index (χ3v) is 9.15. The first-order valence-electron chi connectivity index (χ1n) is 22.4. The molecule has 0 aliphatic carbocycles. The Kier molecular flexibility index (Phi) is 11.4. The van der Waals surface area contributed by atoms with E-state index in [0.717, 1.165) is 8.95 Å². The van der Waals surface area contributed by atoms with E-state index in [0.29, 0.717) is 50.0 Å². The molecule has 2 N–H and O–H groups in total. The molecule has 8 aromatic carbocycles. The van der Waals surface area contributed by atoms with E-state index in [-0.39, 0.29) is 81.5 Å². The Balaban J connectivity index is 0.000000179. The molecule has 7 heteroatoms. The van der Waals surface area contributed by atoms with Gasteiger partial charge in [-0.2, -0.15) is 0 Å². The molecule has 0 spiro atoms. The topological polar surface area (TPSA) is 40.5 Å². The Bertz CT molecular complexity index is 2680. The van der Waals surface area contributed by atoms with Gasteiger partial charge >= 0.3 is 7.12 Å². The Morgan fingerprint density at radius 2 is 0.545 bits per heavy atom. The zero-order valence-corrected chi connectivity index (χ0v) is 35.1. The largest absolute Gasteiger partial charge is 0.488 e. The van der Waals surface area contributed by atoms with Crippen LogP contribution in [0.25, 0.3) is 44.5 Å². The van der Waals surface area contributed by atoms with E-state index < -0.39 is 7.12 Å². The molecule has 0 atom stereocenters. The van der Waals surface area contributed by atoms with Crippen molar-refractivity contribution in [3.05, 3.63) is 230 Å². The van der Waals surface area contributed by atoms with Crippen molar-refractivity contribution in [1.82, 2.24) is 0 Å². The van der Waals surface area contributed by atoms with Gasteiger partial charge in [0.25, 0.3) is 0 Å². The minimum Gasteiger partial charge on any atom is -0.423 e. The molecular weight excluding hydrogens is 939 g/mol. The van der Waals surface area contributed by atoms with Crippen LogP contribution in [0.15, 0.2) is 230 Å². The molecule has 0 amide bonds. The highest BCUT2D eigenvalue weighted by Gasteiger charge is 2.07. The van der Waals surface area contributed by atoms with Crippen LogP contribution in [0.1, 0.15) is 16.4 Å². The maximum absolute atomic E-state index is 8.58. The molecule has 272 valence electrons. The van der Waals surface area contributed by atoms with Gasteiger partial charge in [0, 0.05) is 17.9 Å². The highest BCUT2D eigenvalue weighted by Crippen LogP contribution is 2.27. The van der Waals surface area contributed by atoms with Gasteiger partial charge in [-0.3, -0.25) is 0 Å². The molecule has 0 saturated heterocycles. The summed E-state index contributed by atoms with van der Waals surface area (Å²) in [4.78, 5) is 0. The summed E-state index contributed by atoms with van der Waals surface area (Å²) < 4.78 is 98.1. The zero-order valence-electron chi connectivity index (χ0n) is 40.8. The molecule has 0 fully saturated rings. The van der Waals surface area contributed by atoms with Crippen LogP contribution in [0.4, 0.5) is 0 Å². The average Bonchev–Trinajstić information content (AvgIpc) is 3.34. The van der Waals surface area contributed by atoms with Crippen LogP contribution in [0.3, 0.4) is 0 Å². The van der Waals surface area contributed by atoms with E-state index in [2.05, 4.69) is 63.7 Å². The van der Waals surface area contributed by atoms with Crippen LogP contribution < -0.4 is 5.46 Å². The van der Waals surface area contributed by atoms with Gasteiger partial charge in [-0.1, -0.05) is 227 Å². The molecule has 0 unspecified atom stereocenters. The van der Waals surface area contributed by atoms with E-state index in [1.54, 1.807) is 72.8 Å². The molecule has 0 radical (unpaired) electrons. The predicted molar refractivity (Wildman–Crippen MR) is 248 cm³/mol. The normalized spacial score (nSPS) is 13.1.